The predicted molar refractivity (Wildman–Crippen MR) is 155 cm³/mol. The molecule has 0 aliphatic heterocycles. The van der Waals surface area contributed by atoms with Crippen LogP contribution in [0.15, 0.2) is 84.2 Å². The number of para-hydroxylation sites is 1. The molecule has 0 saturated heterocycles. The molecule has 2 aromatic heterocycles. The van der Waals surface area contributed by atoms with Gasteiger partial charge in [0.15, 0.2) is 10.3 Å². The highest BCUT2D eigenvalue weighted by Crippen LogP contribution is 2.62. The summed E-state index contributed by atoms with van der Waals surface area (Å²) in [5.74, 6) is 0.236. The van der Waals surface area contributed by atoms with Crippen LogP contribution in [-0.2, 0) is 4.79 Å². The SMILES string of the molecule is Cc1nc(N)sc1-c1csc(N(C(=O)C2(C)CC3c4ccccc4C2c2ccccc23)c2ccccc2)n1. The van der Waals surface area contributed by atoms with Gasteiger partial charge in [-0.1, -0.05) is 78.1 Å². The molecule has 5 aromatic rings. The van der Waals surface area contributed by atoms with Gasteiger partial charge in [0.1, 0.15) is 0 Å². The second-order valence-electron chi connectivity index (χ2n) is 10.3. The van der Waals surface area contributed by atoms with E-state index in [4.69, 9.17) is 10.7 Å². The average molecular weight is 535 g/mol. The van der Waals surface area contributed by atoms with Gasteiger partial charge in [-0.15, -0.1) is 11.3 Å². The minimum atomic E-state index is -0.639. The van der Waals surface area contributed by atoms with Crippen molar-refractivity contribution in [2.45, 2.75) is 32.1 Å². The summed E-state index contributed by atoms with van der Waals surface area (Å²) in [5.41, 5.74) is 13.0. The molecule has 2 N–H and O–H groups in total. The molecule has 1 atom stereocenters. The summed E-state index contributed by atoms with van der Waals surface area (Å²) in [5, 5.41) is 3.18. The summed E-state index contributed by atoms with van der Waals surface area (Å²) < 4.78 is 0. The first-order chi connectivity index (χ1) is 18.5. The van der Waals surface area contributed by atoms with Crippen LogP contribution in [0.2, 0.25) is 0 Å². The Balaban J connectivity index is 1.37. The lowest BCUT2D eigenvalue weighted by molar-refractivity contribution is -0.128. The van der Waals surface area contributed by atoms with Gasteiger partial charge in [0, 0.05) is 17.2 Å². The molecule has 3 aromatic carbocycles. The van der Waals surface area contributed by atoms with E-state index >= 15 is 0 Å². The lowest BCUT2D eigenvalue weighted by Gasteiger charge is -2.51. The zero-order chi connectivity index (χ0) is 26.0. The molecule has 8 rings (SSSR count). The van der Waals surface area contributed by atoms with E-state index in [1.165, 1.54) is 44.9 Å². The summed E-state index contributed by atoms with van der Waals surface area (Å²) in [7, 11) is 0. The van der Waals surface area contributed by atoms with Crippen molar-refractivity contribution < 1.29 is 4.79 Å². The molecule has 2 bridgehead atoms. The van der Waals surface area contributed by atoms with E-state index < -0.39 is 5.41 Å². The zero-order valence-corrected chi connectivity index (χ0v) is 22.7. The molecular formula is C31H26N4OS2. The van der Waals surface area contributed by atoms with E-state index in [2.05, 4.69) is 60.4 Å². The molecule has 3 aliphatic rings. The van der Waals surface area contributed by atoms with Crippen LogP contribution in [0.3, 0.4) is 0 Å². The Labute approximate surface area is 229 Å². The van der Waals surface area contributed by atoms with Crippen LogP contribution in [-0.4, -0.2) is 15.9 Å². The molecule has 0 fully saturated rings. The van der Waals surface area contributed by atoms with Crippen LogP contribution >= 0.6 is 22.7 Å². The van der Waals surface area contributed by atoms with Crippen LogP contribution < -0.4 is 10.6 Å². The minimum absolute atomic E-state index is 0.0263. The minimum Gasteiger partial charge on any atom is -0.375 e. The maximum Gasteiger partial charge on any atom is 0.240 e. The van der Waals surface area contributed by atoms with Crippen molar-refractivity contribution >= 4 is 44.5 Å². The highest BCUT2D eigenvalue weighted by molar-refractivity contribution is 7.19. The van der Waals surface area contributed by atoms with E-state index in [9.17, 15) is 4.79 Å². The number of benzene rings is 3. The van der Waals surface area contributed by atoms with Gasteiger partial charge >= 0.3 is 0 Å². The maximum absolute atomic E-state index is 14.9. The number of aromatic nitrogens is 2. The van der Waals surface area contributed by atoms with Gasteiger partial charge in [0.25, 0.3) is 0 Å². The highest BCUT2D eigenvalue weighted by Gasteiger charge is 2.55. The number of amides is 1. The molecule has 1 unspecified atom stereocenters. The number of nitrogens with two attached hydrogens (primary N) is 1. The number of carbonyl (C=O) groups is 1. The number of anilines is 3. The number of aryl methyl sites for hydroxylation is 1. The van der Waals surface area contributed by atoms with E-state index in [0.717, 1.165) is 28.4 Å². The Morgan fingerprint density at radius 3 is 2.13 bits per heavy atom. The number of nitrogens with zero attached hydrogens (tertiary/aromatic N) is 3. The summed E-state index contributed by atoms with van der Waals surface area (Å²) in [4.78, 5) is 27.0. The molecule has 1 amide bonds. The van der Waals surface area contributed by atoms with Crippen molar-refractivity contribution in [3.05, 3.63) is 112 Å². The number of fused-ring (bicyclic) bond motifs is 1. The topological polar surface area (TPSA) is 72.1 Å². The third-order valence-electron chi connectivity index (χ3n) is 8.07. The Hall–Kier alpha value is -3.81. The second kappa shape index (κ2) is 8.61. The third-order valence-corrected chi connectivity index (χ3v) is 9.90. The van der Waals surface area contributed by atoms with E-state index in [-0.39, 0.29) is 17.7 Å². The summed E-state index contributed by atoms with van der Waals surface area (Å²) >= 11 is 2.91. The molecule has 0 saturated carbocycles. The Bertz CT molecular complexity index is 1640. The number of hydrogen-bond acceptors (Lipinski definition) is 6. The smallest absolute Gasteiger partial charge is 0.240 e. The quantitative estimate of drug-likeness (QED) is 0.259. The van der Waals surface area contributed by atoms with Crippen LogP contribution in [0.4, 0.5) is 16.0 Å². The fourth-order valence-electron chi connectivity index (χ4n) is 6.45. The number of nitrogen functional groups attached to an aromatic ring is 1. The average Bonchev–Trinajstić information content (AvgIpc) is 3.55. The second-order valence-corrected chi connectivity index (χ2v) is 12.2. The van der Waals surface area contributed by atoms with Gasteiger partial charge in [-0.25, -0.2) is 9.97 Å². The third kappa shape index (κ3) is 3.38. The van der Waals surface area contributed by atoms with Crippen molar-refractivity contribution in [1.82, 2.24) is 9.97 Å². The molecule has 7 heteroatoms. The lowest BCUT2D eigenvalue weighted by Crippen LogP contribution is -2.50. The van der Waals surface area contributed by atoms with E-state index in [1.54, 1.807) is 0 Å². The first-order valence-electron chi connectivity index (χ1n) is 12.7. The van der Waals surface area contributed by atoms with Crippen LogP contribution in [0, 0.1) is 12.3 Å². The highest BCUT2D eigenvalue weighted by atomic mass is 32.1. The molecule has 2 heterocycles. The van der Waals surface area contributed by atoms with Crippen molar-refractivity contribution in [3.8, 4) is 10.6 Å². The number of hydrogen-bond donors (Lipinski definition) is 1. The monoisotopic (exact) mass is 534 g/mol. The van der Waals surface area contributed by atoms with Crippen LogP contribution in [0.5, 0.6) is 0 Å². The zero-order valence-electron chi connectivity index (χ0n) is 21.1. The molecule has 38 heavy (non-hydrogen) atoms. The first kappa shape index (κ1) is 23.3. The standard InChI is InChI=1S/C31H26N4OS2/c1-18-27(38-29(32)33-18)25-17-37-30(34-25)35(19-10-4-3-5-11-19)28(36)31(2)16-24-20-12-6-8-14-22(20)26(31)23-15-9-7-13-21(23)24/h3-15,17,24,26H,16H2,1-2H3,(H2,32,33). The summed E-state index contributed by atoms with van der Waals surface area (Å²) in [6.45, 7) is 4.09. The predicted octanol–water partition coefficient (Wildman–Crippen LogP) is 7.51. The maximum atomic E-state index is 14.9. The number of rotatable bonds is 4. The normalized spacial score (nSPS) is 21.1. The Morgan fingerprint density at radius 1 is 0.921 bits per heavy atom. The van der Waals surface area contributed by atoms with Gasteiger partial charge in [0.05, 0.1) is 27.4 Å². The molecule has 0 spiro atoms. The molecule has 5 nitrogen and oxygen atoms in total. The number of carbonyl (C=O) groups excluding carboxylic acids is 1. The van der Waals surface area contributed by atoms with Gasteiger partial charge in [-0.3, -0.25) is 9.69 Å². The number of thiazole rings is 2. The van der Waals surface area contributed by atoms with Crippen molar-refractivity contribution in [2.75, 3.05) is 10.6 Å². The fourth-order valence-corrected chi connectivity index (χ4v) is 8.15. The summed E-state index contributed by atoms with van der Waals surface area (Å²) in [6, 6.07) is 27.2. The van der Waals surface area contributed by atoms with Crippen LogP contribution in [0.1, 0.15) is 53.1 Å². The lowest BCUT2D eigenvalue weighted by atomic mass is 9.52. The molecule has 0 radical (unpaired) electrons. The fraction of sp³-hybridized carbons (Fsp3) is 0.194. The Morgan fingerprint density at radius 2 is 1.53 bits per heavy atom. The van der Waals surface area contributed by atoms with Gasteiger partial charge in [0.2, 0.25) is 5.91 Å². The first-order valence-corrected chi connectivity index (χ1v) is 14.4. The van der Waals surface area contributed by atoms with Gasteiger partial charge in [-0.2, -0.15) is 0 Å². The van der Waals surface area contributed by atoms with Crippen molar-refractivity contribution in [3.63, 3.8) is 0 Å². The Kier molecular flexibility index (Phi) is 5.29. The van der Waals surface area contributed by atoms with Crippen molar-refractivity contribution in [2.24, 2.45) is 5.41 Å². The molecular weight excluding hydrogens is 509 g/mol. The summed E-state index contributed by atoms with van der Waals surface area (Å²) in [6.07, 6.45) is 0.760. The molecule has 3 aliphatic carbocycles. The van der Waals surface area contributed by atoms with Gasteiger partial charge < -0.3 is 5.73 Å². The van der Waals surface area contributed by atoms with Crippen molar-refractivity contribution in [1.29, 1.82) is 0 Å². The molecule has 188 valence electrons. The van der Waals surface area contributed by atoms with E-state index in [1.807, 2.05) is 47.5 Å². The largest absolute Gasteiger partial charge is 0.375 e. The van der Waals surface area contributed by atoms with Crippen LogP contribution in [0.25, 0.3) is 10.6 Å². The van der Waals surface area contributed by atoms with E-state index in [0.29, 0.717) is 10.3 Å². The van der Waals surface area contributed by atoms with Gasteiger partial charge in [-0.05, 0) is 54.7 Å².